The molecule has 2 atom stereocenters. The first-order valence-electron chi connectivity index (χ1n) is 5.97. The molecule has 0 aliphatic heterocycles. The van der Waals surface area contributed by atoms with Gasteiger partial charge in [0.2, 0.25) is 0 Å². The van der Waals surface area contributed by atoms with Gasteiger partial charge in [-0.15, -0.1) is 11.3 Å². The zero-order valence-corrected chi connectivity index (χ0v) is 12.6. The molecule has 1 aromatic rings. The van der Waals surface area contributed by atoms with E-state index < -0.39 is 0 Å². The van der Waals surface area contributed by atoms with E-state index in [1.54, 1.807) is 0 Å². The second kappa shape index (κ2) is 4.79. The van der Waals surface area contributed by atoms with Crippen LogP contribution in [0.4, 0.5) is 0 Å². The maximum atomic E-state index is 3.76. The Balaban J connectivity index is 1.94. The van der Waals surface area contributed by atoms with Crippen LogP contribution in [-0.2, 0) is 0 Å². The lowest BCUT2D eigenvalue weighted by Crippen LogP contribution is -2.29. The Morgan fingerprint density at radius 1 is 1.56 bits per heavy atom. The van der Waals surface area contributed by atoms with E-state index in [0.29, 0.717) is 17.5 Å². The van der Waals surface area contributed by atoms with Gasteiger partial charge >= 0.3 is 0 Å². The van der Waals surface area contributed by atoms with Gasteiger partial charge in [-0.25, -0.2) is 0 Å². The summed E-state index contributed by atoms with van der Waals surface area (Å²) in [4.78, 5) is 1.42. The molecule has 90 valence electrons. The summed E-state index contributed by atoms with van der Waals surface area (Å²) in [5.41, 5.74) is 0.532. The van der Waals surface area contributed by atoms with E-state index in [-0.39, 0.29) is 0 Å². The number of rotatable bonds is 3. The van der Waals surface area contributed by atoms with Crippen LogP contribution in [0.1, 0.15) is 51.0 Å². The molecule has 0 saturated heterocycles. The van der Waals surface area contributed by atoms with Crippen LogP contribution in [0.25, 0.3) is 0 Å². The van der Waals surface area contributed by atoms with Gasteiger partial charge in [0.05, 0.1) is 0 Å². The first-order valence-corrected chi connectivity index (χ1v) is 7.64. The molecule has 1 aliphatic rings. The standard InChI is InChI=1S/C13H20BrNS/c1-9(12-11(14)5-7-16-12)15-10-4-6-13(2,3)8-10/h5,7,9-10,15H,4,6,8H2,1-3H3. The Morgan fingerprint density at radius 2 is 2.31 bits per heavy atom. The van der Waals surface area contributed by atoms with Gasteiger partial charge in [-0.2, -0.15) is 0 Å². The molecule has 0 amide bonds. The molecule has 0 bridgehead atoms. The summed E-state index contributed by atoms with van der Waals surface area (Å²) >= 11 is 5.44. The minimum atomic E-state index is 0.466. The second-order valence-corrected chi connectivity index (χ2v) is 7.43. The van der Waals surface area contributed by atoms with Crippen molar-refractivity contribution in [1.29, 1.82) is 0 Å². The van der Waals surface area contributed by atoms with Crippen molar-refractivity contribution in [3.63, 3.8) is 0 Å². The summed E-state index contributed by atoms with van der Waals surface area (Å²) in [6, 6.07) is 3.30. The fourth-order valence-corrected chi connectivity index (χ4v) is 4.36. The van der Waals surface area contributed by atoms with Crippen LogP contribution in [0.2, 0.25) is 0 Å². The molecule has 1 aliphatic carbocycles. The molecule has 0 radical (unpaired) electrons. The highest BCUT2D eigenvalue weighted by Gasteiger charge is 2.31. The van der Waals surface area contributed by atoms with Gasteiger partial charge in [0.25, 0.3) is 0 Å². The zero-order chi connectivity index (χ0) is 11.8. The predicted octanol–water partition coefficient (Wildman–Crippen LogP) is 4.74. The van der Waals surface area contributed by atoms with Crippen LogP contribution in [-0.4, -0.2) is 6.04 Å². The molecular weight excluding hydrogens is 282 g/mol. The van der Waals surface area contributed by atoms with E-state index in [1.807, 2.05) is 11.3 Å². The number of hydrogen-bond donors (Lipinski definition) is 1. The van der Waals surface area contributed by atoms with Gasteiger partial charge < -0.3 is 5.32 Å². The molecule has 2 unspecified atom stereocenters. The maximum absolute atomic E-state index is 3.76. The van der Waals surface area contributed by atoms with Crippen molar-refractivity contribution in [1.82, 2.24) is 5.32 Å². The Bertz CT molecular complexity index is 359. The Labute approximate surface area is 111 Å². The van der Waals surface area contributed by atoms with Gasteiger partial charge in [-0.05, 0) is 59.0 Å². The van der Waals surface area contributed by atoms with Crippen LogP contribution in [0.15, 0.2) is 15.9 Å². The van der Waals surface area contributed by atoms with Crippen molar-refractivity contribution in [2.45, 2.75) is 52.1 Å². The number of thiophene rings is 1. The highest BCUT2D eigenvalue weighted by atomic mass is 79.9. The van der Waals surface area contributed by atoms with Gasteiger partial charge in [0, 0.05) is 21.4 Å². The topological polar surface area (TPSA) is 12.0 Å². The van der Waals surface area contributed by atoms with E-state index in [2.05, 4.69) is 53.5 Å². The van der Waals surface area contributed by atoms with Crippen LogP contribution in [0, 0.1) is 5.41 Å². The van der Waals surface area contributed by atoms with E-state index in [9.17, 15) is 0 Å². The molecule has 1 aromatic heterocycles. The molecule has 2 rings (SSSR count). The summed E-state index contributed by atoms with van der Waals surface area (Å²) in [6.45, 7) is 7.02. The minimum Gasteiger partial charge on any atom is -0.307 e. The zero-order valence-electron chi connectivity index (χ0n) is 10.2. The Hall–Kier alpha value is 0.140. The molecule has 1 nitrogen and oxygen atoms in total. The van der Waals surface area contributed by atoms with Crippen molar-refractivity contribution in [2.24, 2.45) is 5.41 Å². The van der Waals surface area contributed by atoms with Gasteiger partial charge in [-0.1, -0.05) is 13.8 Å². The van der Waals surface area contributed by atoms with Crippen LogP contribution in [0.5, 0.6) is 0 Å². The fourth-order valence-electron chi connectivity index (χ4n) is 2.62. The first-order chi connectivity index (χ1) is 7.48. The van der Waals surface area contributed by atoms with Gasteiger partial charge in [0.1, 0.15) is 0 Å². The first kappa shape index (κ1) is 12.6. The Morgan fingerprint density at radius 3 is 2.81 bits per heavy atom. The van der Waals surface area contributed by atoms with Crippen molar-refractivity contribution < 1.29 is 0 Å². The third-order valence-electron chi connectivity index (χ3n) is 3.49. The van der Waals surface area contributed by atoms with E-state index in [1.165, 1.54) is 28.6 Å². The molecule has 1 saturated carbocycles. The largest absolute Gasteiger partial charge is 0.307 e. The second-order valence-electron chi connectivity index (χ2n) is 5.63. The van der Waals surface area contributed by atoms with Crippen molar-refractivity contribution in [3.8, 4) is 0 Å². The fraction of sp³-hybridized carbons (Fsp3) is 0.692. The van der Waals surface area contributed by atoms with Crippen LogP contribution < -0.4 is 5.32 Å². The summed E-state index contributed by atoms with van der Waals surface area (Å²) < 4.78 is 1.25. The lowest BCUT2D eigenvalue weighted by molar-refractivity contribution is 0.357. The lowest BCUT2D eigenvalue weighted by Gasteiger charge is -2.21. The molecule has 1 fully saturated rings. The molecule has 0 spiro atoms. The number of hydrogen-bond acceptors (Lipinski definition) is 2. The minimum absolute atomic E-state index is 0.466. The summed E-state index contributed by atoms with van der Waals surface area (Å²) in [6.07, 6.45) is 3.98. The van der Waals surface area contributed by atoms with Gasteiger partial charge in [0.15, 0.2) is 0 Å². The smallest absolute Gasteiger partial charge is 0.0399 e. The highest BCUT2D eigenvalue weighted by molar-refractivity contribution is 9.10. The quantitative estimate of drug-likeness (QED) is 0.850. The summed E-state index contributed by atoms with van der Waals surface area (Å²) in [5.74, 6) is 0. The van der Waals surface area contributed by atoms with Crippen molar-refractivity contribution in [2.75, 3.05) is 0 Å². The summed E-state index contributed by atoms with van der Waals surface area (Å²) in [5, 5.41) is 5.91. The third kappa shape index (κ3) is 2.88. The molecule has 16 heavy (non-hydrogen) atoms. The van der Waals surface area contributed by atoms with Crippen molar-refractivity contribution in [3.05, 3.63) is 20.8 Å². The van der Waals surface area contributed by atoms with E-state index in [0.717, 1.165) is 0 Å². The van der Waals surface area contributed by atoms with Crippen LogP contribution in [0.3, 0.4) is 0 Å². The van der Waals surface area contributed by atoms with Crippen LogP contribution >= 0.6 is 27.3 Å². The Kier molecular flexibility index (Phi) is 3.77. The molecular formula is C13H20BrNS. The number of halogens is 1. The highest BCUT2D eigenvalue weighted by Crippen LogP contribution is 2.38. The average Bonchev–Trinajstić information content (AvgIpc) is 2.72. The molecule has 0 aromatic carbocycles. The molecule has 1 N–H and O–H groups in total. The van der Waals surface area contributed by atoms with Gasteiger partial charge in [-0.3, -0.25) is 0 Å². The normalized spacial score (nSPS) is 25.9. The number of nitrogens with one attached hydrogen (secondary N) is 1. The monoisotopic (exact) mass is 301 g/mol. The maximum Gasteiger partial charge on any atom is 0.0399 e. The van der Waals surface area contributed by atoms with E-state index >= 15 is 0 Å². The van der Waals surface area contributed by atoms with Crippen molar-refractivity contribution >= 4 is 27.3 Å². The summed E-state index contributed by atoms with van der Waals surface area (Å²) in [7, 11) is 0. The lowest BCUT2D eigenvalue weighted by atomic mass is 9.92. The SMILES string of the molecule is CC(NC1CCC(C)(C)C1)c1sccc1Br. The predicted molar refractivity (Wildman–Crippen MR) is 75.0 cm³/mol. The molecule has 1 heterocycles. The average molecular weight is 302 g/mol. The third-order valence-corrected chi connectivity index (χ3v) is 5.55. The van der Waals surface area contributed by atoms with E-state index in [4.69, 9.17) is 0 Å². The molecule has 3 heteroatoms.